The summed E-state index contributed by atoms with van der Waals surface area (Å²) in [5.41, 5.74) is 2.14. The summed E-state index contributed by atoms with van der Waals surface area (Å²) in [6, 6.07) is 3.80. The monoisotopic (exact) mass is 294 g/mol. The number of carbonyl (C=O) groups is 1. The van der Waals surface area contributed by atoms with Gasteiger partial charge in [-0.15, -0.1) is 0 Å². The number of methoxy groups -OCH3 is 1. The highest BCUT2D eigenvalue weighted by Crippen LogP contribution is 2.31. The van der Waals surface area contributed by atoms with E-state index in [1.54, 1.807) is 14.0 Å². The van der Waals surface area contributed by atoms with E-state index < -0.39 is 0 Å². The molecule has 0 aliphatic carbocycles. The third-order valence-corrected chi connectivity index (χ3v) is 3.81. The summed E-state index contributed by atoms with van der Waals surface area (Å²) in [5, 5.41) is 1.68. The molecule has 2 rings (SSSR count). The van der Waals surface area contributed by atoms with Gasteiger partial charge in [-0.3, -0.25) is 4.79 Å². The minimum atomic E-state index is 0.105. The number of aromatic amines is 1. The fourth-order valence-corrected chi connectivity index (χ4v) is 2.58. The number of hydrogen-bond acceptors (Lipinski definition) is 2. The predicted molar refractivity (Wildman–Crippen MR) is 81.5 cm³/mol. The van der Waals surface area contributed by atoms with Crippen molar-refractivity contribution in [2.45, 2.75) is 20.3 Å². The van der Waals surface area contributed by atoms with E-state index in [0.29, 0.717) is 17.3 Å². The summed E-state index contributed by atoms with van der Waals surface area (Å²) in [7, 11) is 1.61. The molecule has 1 heterocycles. The van der Waals surface area contributed by atoms with E-state index in [4.69, 9.17) is 16.3 Å². The second kappa shape index (κ2) is 6.18. The first-order valence-electron chi connectivity index (χ1n) is 6.65. The normalized spacial score (nSPS) is 10.8. The van der Waals surface area contributed by atoms with Crippen LogP contribution in [0.1, 0.15) is 19.4 Å². The fraction of sp³-hybridized carbons (Fsp3) is 0.400. The van der Waals surface area contributed by atoms with Gasteiger partial charge in [0.2, 0.25) is 5.91 Å². The zero-order valence-electron chi connectivity index (χ0n) is 12.0. The van der Waals surface area contributed by atoms with Crippen LogP contribution in [0.4, 0.5) is 0 Å². The first-order chi connectivity index (χ1) is 9.56. The Bertz CT molecular complexity index is 622. The quantitative estimate of drug-likeness (QED) is 0.920. The Morgan fingerprint density at radius 1 is 1.45 bits per heavy atom. The van der Waals surface area contributed by atoms with Crippen LogP contribution >= 0.6 is 11.6 Å². The Morgan fingerprint density at radius 2 is 2.20 bits per heavy atom. The van der Waals surface area contributed by atoms with Crippen molar-refractivity contribution in [1.29, 1.82) is 0 Å². The topological polar surface area (TPSA) is 45.3 Å². The number of nitrogens with one attached hydrogen (secondary N) is 1. The lowest BCUT2D eigenvalue weighted by Gasteiger charge is -2.18. The zero-order chi connectivity index (χ0) is 14.7. The summed E-state index contributed by atoms with van der Waals surface area (Å²) in [4.78, 5) is 16.5. The summed E-state index contributed by atoms with van der Waals surface area (Å²) < 4.78 is 5.25. The number of hydrogen-bond donors (Lipinski definition) is 1. The molecule has 5 heteroatoms. The largest absolute Gasteiger partial charge is 0.495 e. The first kappa shape index (κ1) is 14.7. The summed E-state index contributed by atoms with van der Waals surface area (Å²) in [5.74, 6) is 0.770. The zero-order valence-corrected chi connectivity index (χ0v) is 12.8. The number of carbonyl (C=O) groups excluding carboxylic acids is 1. The molecule has 0 fully saturated rings. The van der Waals surface area contributed by atoms with Gasteiger partial charge in [-0.2, -0.15) is 0 Å². The lowest BCUT2D eigenvalue weighted by Crippen LogP contribution is -2.30. The second-order valence-corrected chi connectivity index (χ2v) is 5.10. The molecular weight excluding hydrogens is 276 g/mol. The summed E-state index contributed by atoms with van der Waals surface area (Å²) in [6.45, 7) is 5.03. The molecule has 0 radical (unpaired) electrons. The van der Waals surface area contributed by atoms with Gasteiger partial charge in [-0.25, -0.2) is 0 Å². The number of nitrogens with zero attached hydrogens (tertiary/aromatic N) is 1. The highest BCUT2D eigenvalue weighted by molar-refractivity contribution is 6.32. The average Bonchev–Trinajstić information content (AvgIpc) is 2.80. The minimum Gasteiger partial charge on any atom is -0.495 e. The Hall–Kier alpha value is -1.68. The molecule has 1 aromatic carbocycles. The number of halogens is 1. The average molecular weight is 295 g/mol. The highest BCUT2D eigenvalue weighted by atomic mass is 35.5. The van der Waals surface area contributed by atoms with Gasteiger partial charge in [0.05, 0.1) is 12.1 Å². The number of fused-ring (bicyclic) bond motifs is 1. The minimum absolute atomic E-state index is 0.105. The van der Waals surface area contributed by atoms with E-state index in [1.165, 1.54) is 0 Å². The standard InChI is InChI=1S/C15H19ClN2O2/c1-4-18(10(2)19)6-5-11-9-17-14-8-13(16)15(20-3)7-12(11)14/h7-9,17H,4-6H2,1-3H3. The molecule has 1 aromatic heterocycles. The molecule has 0 unspecified atom stereocenters. The van der Waals surface area contributed by atoms with E-state index in [1.807, 2.05) is 30.2 Å². The van der Waals surface area contributed by atoms with Gasteiger partial charge in [0.1, 0.15) is 5.75 Å². The van der Waals surface area contributed by atoms with Crippen molar-refractivity contribution in [3.8, 4) is 5.75 Å². The number of ether oxygens (including phenoxy) is 1. The molecule has 20 heavy (non-hydrogen) atoms. The maximum absolute atomic E-state index is 11.4. The molecule has 0 aliphatic heterocycles. The number of likely N-dealkylation sites (N-methyl/N-ethyl adjacent to an activating group) is 1. The molecule has 0 saturated carbocycles. The van der Waals surface area contributed by atoms with Gasteiger partial charge in [0.15, 0.2) is 0 Å². The maximum Gasteiger partial charge on any atom is 0.219 e. The van der Waals surface area contributed by atoms with Crippen molar-refractivity contribution < 1.29 is 9.53 Å². The molecule has 0 bridgehead atoms. The number of aromatic nitrogens is 1. The number of rotatable bonds is 5. The maximum atomic E-state index is 11.4. The summed E-state index contributed by atoms with van der Waals surface area (Å²) in [6.07, 6.45) is 2.77. The van der Waals surface area contributed by atoms with Gasteiger partial charge < -0.3 is 14.6 Å². The SMILES string of the molecule is CCN(CCc1c[nH]c2cc(Cl)c(OC)cc12)C(C)=O. The van der Waals surface area contributed by atoms with Crippen molar-refractivity contribution in [3.05, 3.63) is 28.9 Å². The van der Waals surface area contributed by atoms with Gasteiger partial charge in [0.25, 0.3) is 0 Å². The molecule has 2 aromatic rings. The Labute approximate surface area is 123 Å². The van der Waals surface area contributed by atoms with E-state index in [2.05, 4.69) is 4.98 Å². The second-order valence-electron chi connectivity index (χ2n) is 4.69. The molecule has 4 nitrogen and oxygen atoms in total. The van der Waals surface area contributed by atoms with Gasteiger partial charge in [0, 0.05) is 37.1 Å². The van der Waals surface area contributed by atoms with E-state index in [-0.39, 0.29) is 5.91 Å². The molecule has 0 spiro atoms. The molecule has 108 valence electrons. The summed E-state index contributed by atoms with van der Waals surface area (Å²) >= 11 is 6.11. The third-order valence-electron chi connectivity index (χ3n) is 3.52. The van der Waals surface area contributed by atoms with Crippen molar-refractivity contribution in [2.75, 3.05) is 20.2 Å². The lowest BCUT2D eigenvalue weighted by molar-refractivity contribution is -0.128. The molecule has 0 aliphatic rings. The van der Waals surface area contributed by atoms with Crippen molar-refractivity contribution >= 4 is 28.4 Å². The van der Waals surface area contributed by atoms with Crippen LogP contribution in [0, 0.1) is 0 Å². The van der Waals surface area contributed by atoms with Gasteiger partial charge in [-0.1, -0.05) is 11.6 Å². The van der Waals surface area contributed by atoms with Crippen molar-refractivity contribution in [2.24, 2.45) is 0 Å². The van der Waals surface area contributed by atoms with Crippen LogP contribution in [0.3, 0.4) is 0 Å². The van der Waals surface area contributed by atoms with E-state index >= 15 is 0 Å². The Morgan fingerprint density at radius 3 is 2.80 bits per heavy atom. The third kappa shape index (κ3) is 2.90. The Kier molecular flexibility index (Phi) is 4.55. The van der Waals surface area contributed by atoms with Crippen LogP contribution in [0.2, 0.25) is 5.02 Å². The van der Waals surface area contributed by atoms with E-state index in [0.717, 1.165) is 29.4 Å². The van der Waals surface area contributed by atoms with E-state index in [9.17, 15) is 4.79 Å². The highest BCUT2D eigenvalue weighted by Gasteiger charge is 2.11. The molecular formula is C15H19ClN2O2. The van der Waals surface area contributed by atoms with Crippen LogP contribution < -0.4 is 4.74 Å². The van der Waals surface area contributed by atoms with Crippen molar-refractivity contribution in [1.82, 2.24) is 9.88 Å². The predicted octanol–water partition coefficient (Wildman–Crippen LogP) is 3.24. The Balaban J connectivity index is 2.24. The molecule has 0 atom stereocenters. The van der Waals surface area contributed by atoms with Crippen LogP contribution in [0.15, 0.2) is 18.3 Å². The van der Waals surface area contributed by atoms with Gasteiger partial charge in [-0.05, 0) is 31.0 Å². The smallest absolute Gasteiger partial charge is 0.219 e. The lowest BCUT2D eigenvalue weighted by atomic mass is 10.1. The van der Waals surface area contributed by atoms with Crippen molar-refractivity contribution in [3.63, 3.8) is 0 Å². The first-order valence-corrected chi connectivity index (χ1v) is 7.03. The molecule has 1 N–H and O–H groups in total. The molecule has 1 amide bonds. The number of H-pyrrole nitrogens is 1. The fourth-order valence-electron chi connectivity index (χ4n) is 2.34. The number of benzene rings is 1. The van der Waals surface area contributed by atoms with Gasteiger partial charge >= 0.3 is 0 Å². The number of amides is 1. The molecule has 0 saturated heterocycles. The van der Waals surface area contributed by atoms with Crippen LogP contribution in [0.25, 0.3) is 10.9 Å². The van der Waals surface area contributed by atoms with Crippen LogP contribution in [-0.4, -0.2) is 36.0 Å². The van der Waals surface area contributed by atoms with Crippen LogP contribution in [-0.2, 0) is 11.2 Å². The van der Waals surface area contributed by atoms with Crippen LogP contribution in [0.5, 0.6) is 5.75 Å².